The summed E-state index contributed by atoms with van der Waals surface area (Å²) in [5.41, 5.74) is -0.902. The molecular formula is C16H25N2O5P. The molecule has 4 atom stereocenters. The minimum absolute atomic E-state index is 0.228. The van der Waals surface area contributed by atoms with E-state index < -0.39 is 42.6 Å². The zero-order valence-electron chi connectivity index (χ0n) is 14.3. The van der Waals surface area contributed by atoms with Gasteiger partial charge in [0.2, 0.25) is 0 Å². The Kier molecular flexibility index (Phi) is 5.71. The van der Waals surface area contributed by atoms with Gasteiger partial charge < -0.3 is 14.6 Å². The van der Waals surface area contributed by atoms with Crippen LogP contribution in [0.25, 0.3) is 6.20 Å². The number of aliphatic hydroxyl groups excluding tert-OH is 1. The molecule has 134 valence electrons. The van der Waals surface area contributed by atoms with Gasteiger partial charge in [-0.05, 0) is 25.9 Å². The van der Waals surface area contributed by atoms with Crippen molar-refractivity contribution in [1.29, 1.82) is 0 Å². The van der Waals surface area contributed by atoms with Gasteiger partial charge in [0.25, 0.3) is 5.56 Å². The van der Waals surface area contributed by atoms with Crippen LogP contribution in [-0.4, -0.2) is 65.9 Å². The van der Waals surface area contributed by atoms with Crippen LogP contribution >= 0.6 is 6.89 Å². The quantitative estimate of drug-likeness (QED) is 0.726. The van der Waals surface area contributed by atoms with E-state index >= 15 is 0 Å². The Hall–Kier alpha value is -1.40. The zero-order valence-corrected chi connectivity index (χ0v) is 15.2. The van der Waals surface area contributed by atoms with Crippen LogP contribution in [0.15, 0.2) is 22.4 Å². The highest BCUT2D eigenvalue weighted by Crippen LogP contribution is 2.40. The van der Waals surface area contributed by atoms with Crippen LogP contribution in [0, 0.1) is 0 Å². The third-order valence-electron chi connectivity index (χ3n) is 4.13. The SMILES string of the molecule is C=Cn1cc([C@@H]2O[C@H](CCP(=C)(C)C)[C@@H](O)[C@H]2OC)c(=O)[nH]c1=O. The molecule has 1 aromatic rings. The average molecular weight is 356 g/mol. The number of hydrogen-bond acceptors (Lipinski definition) is 5. The molecule has 0 saturated carbocycles. The Morgan fingerprint density at radius 3 is 2.71 bits per heavy atom. The van der Waals surface area contributed by atoms with E-state index in [1.807, 2.05) is 0 Å². The maximum Gasteiger partial charge on any atom is 0.332 e. The van der Waals surface area contributed by atoms with Gasteiger partial charge in [-0.1, -0.05) is 6.58 Å². The fourth-order valence-corrected chi connectivity index (χ4v) is 3.76. The number of nitrogens with one attached hydrogen (secondary N) is 1. The fraction of sp³-hybridized carbons (Fsp3) is 0.562. The van der Waals surface area contributed by atoms with Gasteiger partial charge in [-0.3, -0.25) is 14.3 Å². The summed E-state index contributed by atoms with van der Waals surface area (Å²) in [5.74, 6) is 0. The standard InChI is InChI=1S/C16H25N2O5P/c1-6-18-9-10(15(20)17-16(18)21)13-14(22-2)12(19)11(23-13)7-8-24(3,4)5/h6,9,11-14,19H,1,3,7-8H2,2,4-5H3,(H,17,20,21)/t11-,12-,13+,14-/m1/s1. The van der Waals surface area contributed by atoms with Crippen molar-refractivity contribution in [3.8, 4) is 0 Å². The third kappa shape index (κ3) is 3.98. The molecule has 24 heavy (non-hydrogen) atoms. The molecule has 0 spiro atoms. The van der Waals surface area contributed by atoms with Crippen LogP contribution < -0.4 is 11.2 Å². The molecule has 2 rings (SSSR count). The number of methoxy groups -OCH3 is 1. The van der Waals surface area contributed by atoms with E-state index in [-0.39, 0.29) is 5.56 Å². The second-order valence-electron chi connectivity index (χ2n) is 6.67. The number of aromatic nitrogens is 2. The van der Waals surface area contributed by atoms with Crippen LogP contribution in [0.1, 0.15) is 18.1 Å². The van der Waals surface area contributed by atoms with Gasteiger partial charge in [-0.25, -0.2) is 4.79 Å². The first-order chi connectivity index (χ1) is 11.2. The highest BCUT2D eigenvalue weighted by atomic mass is 31.2. The number of aliphatic hydroxyl groups is 1. The van der Waals surface area contributed by atoms with E-state index in [4.69, 9.17) is 9.47 Å². The van der Waals surface area contributed by atoms with E-state index in [2.05, 4.69) is 31.2 Å². The highest BCUT2D eigenvalue weighted by molar-refractivity contribution is 7.72. The second-order valence-corrected chi connectivity index (χ2v) is 11.0. The summed E-state index contributed by atoms with van der Waals surface area (Å²) < 4.78 is 12.5. The highest BCUT2D eigenvalue weighted by Gasteiger charge is 2.45. The largest absolute Gasteiger partial charge is 0.388 e. The third-order valence-corrected chi connectivity index (χ3v) is 5.60. The summed E-state index contributed by atoms with van der Waals surface area (Å²) in [5, 5.41) is 10.5. The van der Waals surface area contributed by atoms with Crippen molar-refractivity contribution < 1.29 is 14.6 Å². The molecule has 1 fully saturated rings. The summed E-state index contributed by atoms with van der Waals surface area (Å²) in [6.45, 7) is 6.51. The van der Waals surface area contributed by atoms with Gasteiger partial charge in [0.1, 0.15) is 18.3 Å². The van der Waals surface area contributed by atoms with Gasteiger partial charge in [-0.2, -0.15) is 0 Å². The Morgan fingerprint density at radius 2 is 2.17 bits per heavy atom. The minimum Gasteiger partial charge on any atom is -0.388 e. The molecule has 1 saturated heterocycles. The van der Waals surface area contributed by atoms with Crippen molar-refractivity contribution in [3.63, 3.8) is 0 Å². The topological polar surface area (TPSA) is 93.6 Å². The molecule has 0 unspecified atom stereocenters. The van der Waals surface area contributed by atoms with Crippen LogP contribution in [0.3, 0.4) is 0 Å². The second kappa shape index (κ2) is 7.23. The lowest BCUT2D eigenvalue weighted by molar-refractivity contribution is -0.0129. The van der Waals surface area contributed by atoms with Crippen molar-refractivity contribution in [2.75, 3.05) is 26.6 Å². The van der Waals surface area contributed by atoms with Gasteiger partial charge in [0, 0.05) is 19.5 Å². The summed E-state index contributed by atoms with van der Waals surface area (Å²) >= 11 is 0. The monoisotopic (exact) mass is 356 g/mol. The number of H-pyrrole nitrogens is 1. The maximum absolute atomic E-state index is 12.2. The zero-order chi connectivity index (χ0) is 18.1. The van der Waals surface area contributed by atoms with E-state index in [1.54, 1.807) is 0 Å². The number of hydrogen-bond donors (Lipinski definition) is 2. The summed E-state index contributed by atoms with van der Waals surface area (Å²) in [4.78, 5) is 26.0. The van der Waals surface area contributed by atoms with Crippen molar-refractivity contribution in [3.05, 3.63) is 39.2 Å². The molecule has 0 radical (unpaired) electrons. The lowest BCUT2D eigenvalue weighted by Crippen LogP contribution is -2.35. The summed E-state index contributed by atoms with van der Waals surface area (Å²) in [6.07, 6.45) is 5.60. The van der Waals surface area contributed by atoms with E-state index in [1.165, 1.54) is 19.5 Å². The van der Waals surface area contributed by atoms with Crippen LogP contribution in [0.2, 0.25) is 0 Å². The Bertz CT molecular complexity index is 762. The number of aromatic amines is 1. The lowest BCUT2D eigenvalue weighted by Gasteiger charge is -2.19. The minimum atomic E-state index is -1.25. The average Bonchev–Trinajstić information content (AvgIpc) is 2.80. The predicted molar refractivity (Wildman–Crippen MR) is 97.5 cm³/mol. The van der Waals surface area contributed by atoms with Crippen LogP contribution in [-0.2, 0) is 9.47 Å². The molecule has 8 heteroatoms. The van der Waals surface area contributed by atoms with E-state index in [0.717, 1.165) is 10.7 Å². The van der Waals surface area contributed by atoms with E-state index in [9.17, 15) is 14.7 Å². The molecule has 2 N–H and O–H groups in total. The molecule has 1 aromatic heterocycles. The smallest absolute Gasteiger partial charge is 0.332 e. The van der Waals surface area contributed by atoms with Crippen LogP contribution in [0.5, 0.6) is 0 Å². The molecule has 1 aliphatic heterocycles. The molecular weight excluding hydrogens is 331 g/mol. The van der Waals surface area contributed by atoms with E-state index in [0.29, 0.717) is 6.42 Å². The molecule has 0 aliphatic carbocycles. The summed E-state index contributed by atoms with van der Waals surface area (Å²) in [6, 6.07) is 0. The summed E-state index contributed by atoms with van der Waals surface area (Å²) in [7, 11) is 1.46. The molecule has 0 amide bonds. The van der Waals surface area contributed by atoms with Gasteiger partial charge >= 0.3 is 5.69 Å². The van der Waals surface area contributed by atoms with Gasteiger partial charge in [0.15, 0.2) is 0 Å². The Morgan fingerprint density at radius 1 is 1.50 bits per heavy atom. The van der Waals surface area contributed by atoms with Gasteiger partial charge in [0.05, 0.1) is 11.7 Å². The Labute approximate surface area is 140 Å². The Balaban J connectivity index is 2.33. The number of nitrogens with zero attached hydrogens (tertiary/aromatic N) is 1. The molecule has 0 bridgehead atoms. The van der Waals surface area contributed by atoms with Crippen molar-refractivity contribution >= 4 is 19.4 Å². The number of ether oxygens (including phenoxy) is 2. The molecule has 7 nitrogen and oxygen atoms in total. The molecule has 2 heterocycles. The molecule has 0 aromatic carbocycles. The lowest BCUT2D eigenvalue weighted by atomic mass is 10.0. The number of rotatable bonds is 6. The first-order valence-electron chi connectivity index (χ1n) is 7.69. The van der Waals surface area contributed by atoms with Crippen molar-refractivity contribution in [1.82, 2.24) is 9.55 Å². The maximum atomic E-state index is 12.2. The van der Waals surface area contributed by atoms with Crippen LogP contribution in [0.4, 0.5) is 0 Å². The first-order valence-corrected chi connectivity index (χ1v) is 10.7. The normalized spacial score (nSPS) is 27.3. The fourth-order valence-electron chi connectivity index (χ4n) is 2.80. The first kappa shape index (κ1) is 18.9. The van der Waals surface area contributed by atoms with Crippen molar-refractivity contribution in [2.45, 2.75) is 30.8 Å². The predicted octanol–water partition coefficient (Wildman–Crippen LogP) is 0.552. The molecule has 1 aliphatic rings. The van der Waals surface area contributed by atoms with Crippen molar-refractivity contribution in [2.24, 2.45) is 0 Å². The van der Waals surface area contributed by atoms with Gasteiger partial charge in [-0.15, -0.1) is 13.2 Å².